The number of hydrogen-bond acceptors (Lipinski definition) is 0. The third-order valence-corrected chi connectivity index (χ3v) is 9.48. The first kappa shape index (κ1) is 19.4. The van der Waals surface area contributed by atoms with E-state index >= 15 is 0 Å². The molecule has 0 aromatic heterocycles. The van der Waals surface area contributed by atoms with Gasteiger partial charge in [-0.1, -0.05) is 54.6 Å². The van der Waals surface area contributed by atoms with Gasteiger partial charge in [0.2, 0.25) is 6.62 Å². The fourth-order valence-electron chi connectivity index (χ4n) is 3.12. The van der Waals surface area contributed by atoms with Gasteiger partial charge >= 0.3 is 0 Å². The molecule has 24 heavy (non-hydrogen) atoms. The fraction of sp³-hybridized carbons (Fsp3) is 0.143. The van der Waals surface area contributed by atoms with E-state index in [1.807, 2.05) is 0 Å². The molecule has 0 amide bonds. The number of aryl methyl sites for hydroxylation is 3. The molecule has 0 heterocycles. The summed E-state index contributed by atoms with van der Waals surface area (Å²) in [6, 6.07) is 25.6. The van der Waals surface area contributed by atoms with E-state index in [1.165, 1.54) is 32.6 Å². The molecule has 127 valence electrons. The summed E-state index contributed by atoms with van der Waals surface area (Å²) in [4.78, 5) is 0. The van der Waals surface area contributed by atoms with Crippen molar-refractivity contribution in [1.29, 1.82) is 0 Å². The molecule has 0 saturated carbocycles. The van der Waals surface area contributed by atoms with Gasteiger partial charge in [0.05, 0.1) is 0 Å². The molecule has 3 heteroatoms. The molecule has 0 fully saturated rings. The number of rotatable bonds is 3. The van der Waals surface area contributed by atoms with E-state index in [2.05, 4.69) is 93.6 Å². The molecular formula is C21H21AuClP+. The Morgan fingerprint density at radius 3 is 1.04 bits per heavy atom. The van der Waals surface area contributed by atoms with Crippen LogP contribution in [0.1, 0.15) is 16.7 Å². The van der Waals surface area contributed by atoms with E-state index in [-0.39, 0.29) is 22.4 Å². The first-order chi connectivity index (χ1) is 11.0. The van der Waals surface area contributed by atoms with Gasteiger partial charge in [-0.25, -0.2) is 0 Å². The predicted octanol–water partition coefficient (Wildman–Crippen LogP) is 5.06. The molecular weight excluding hydrogens is 516 g/mol. The van der Waals surface area contributed by atoms with E-state index in [0.29, 0.717) is 0 Å². The summed E-state index contributed by atoms with van der Waals surface area (Å²) in [5, 5.41) is 3.76. The Morgan fingerprint density at radius 2 is 0.792 bits per heavy atom. The molecule has 0 spiro atoms. The molecule has 1 radical (unpaired) electrons. The van der Waals surface area contributed by atoms with Crippen LogP contribution in [0.4, 0.5) is 0 Å². The molecule has 0 unspecified atom stereocenters. The van der Waals surface area contributed by atoms with Gasteiger partial charge in [-0.15, -0.1) is 0 Å². The zero-order valence-electron chi connectivity index (χ0n) is 14.1. The molecule has 0 aliphatic carbocycles. The molecule has 0 N–H and O–H groups in total. The Hall–Kier alpha value is -0.880. The Bertz CT molecular complexity index is 734. The van der Waals surface area contributed by atoms with Crippen molar-refractivity contribution < 1.29 is 22.4 Å². The van der Waals surface area contributed by atoms with Crippen LogP contribution in [0.2, 0.25) is 0 Å². The third kappa shape index (κ3) is 3.40. The molecule has 0 aliphatic heterocycles. The van der Waals surface area contributed by atoms with Crippen LogP contribution in [0.25, 0.3) is 0 Å². The second-order valence-corrected chi connectivity index (χ2v) is 10.1. The van der Waals surface area contributed by atoms with Crippen LogP contribution >= 0.6 is 17.9 Å². The molecule has 0 saturated heterocycles. The van der Waals surface area contributed by atoms with Crippen molar-refractivity contribution in [2.45, 2.75) is 20.8 Å². The Morgan fingerprint density at radius 1 is 0.542 bits per heavy atom. The fourth-order valence-corrected chi connectivity index (χ4v) is 8.16. The van der Waals surface area contributed by atoms with E-state index in [1.54, 1.807) is 0 Å². The molecule has 0 nitrogen and oxygen atoms in total. The van der Waals surface area contributed by atoms with Gasteiger partial charge in [-0.2, -0.15) is 0 Å². The maximum absolute atomic E-state index is 7.54. The summed E-state index contributed by atoms with van der Waals surface area (Å²) in [6.07, 6.45) is 0. The molecule has 3 aromatic rings. The van der Waals surface area contributed by atoms with E-state index in [9.17, 15) is 0 Å². The zero-order valence-corrected chi connectivity index (χ0v) is 17.9. The van der Waals surface area contributed by atoms with Crippen molar-refractivity contribution in [2.75, 3.05) is 0 Å². The largest absolute Gasteiger partial charge is 0.211 e. The van der Waals surface area contributed by atoms with Crippen molar-refractivity contribution in [3.8, 4) is 0 Å². The summed E-state index contributed by atoms with van der Waals surface area (Å²) in [5.41, 5.74) is 3.76. The average molecular weight is 537 g/mol. The Labute approximate surface area is 165 Å². The van der Waals surface area contributed by atoms with Gasteiger partial charge < -0.3 is 0 Å². The van der Waals surface area contributed by atoms with Crippen molar-refractivity contribution in [3.05, 3.63) is 89.5 Å². The SMILES string of the molecule is Cc1ccccc1[P+](Cl)(c1ccccc1C)c1ccccc1C.[Au]. The molecule has 3 aromatic carbocycles. The summed E-state index contributed by atoms with van der Waals surface area (Å²) in [6.45, 7) is 4.30. The van der Waals surface area contributed by atoms with Crippen LogP contribution in [0.15, 0.2) is 72.8 Å². The number of hydrogen-bond donors (Lipinski definition) is 0. The average Bonchev–Trinajstić information content (AvgIpc) is 2.55. The summed E-state index contributed by atoms with van der Waals surface area (Å²) in [7, 11) is 0. The van der Waals surface area contributed by atoms with Gasteiger partial charge in [-0.05, 0) is 55.7 Å². The van der Waals surface area contributed by atoms with Crippen molar-refractivity contribution >= 4 is 33.8 Å². The minimum atomic E-state index is -2.17. The maximum Gasteiger partial charge on any atom is 0.211 e. The topological polar surface area (TPSA) is 0 Å². The normalized spacial score (nSPS) is 11.0. The van der Waals surface area contributed by atoms with Gasteiger partial charge in [0, 0.05) is 22.4 Å². The van der Waals surface area contributed by atoms with Crippen LogP contribution in [0, 0.1) is 20.8 Å². The van der Waals surface area contributed by atoms with Gasteiger partial charge in [0.15, 0.2) is 0 Å². The van der Waals surface area contributed by atoms with Crippen molar-refractivity contribution in [2.24, 2.45) is 0 Å². The van der Waals surface area contributed by atoms with Gasteiger partial charge in [0.1, 0.15) is 27.2 Å². The molecule has 0 aliphatic rings. The summed E-state index contributed by atoms with van der Waals surface area (Å²) >= 11 is 7.54. The zero-order chi connectivity index (χ0) is 16.4. The number of halogens is 1. The van der Waals surface area contributed by atoms with E-state index in [4.69, 9.17) is 11.2 Å². The maximum atomic E-state index is 7.54. The quantitative estimate of drug-likeness (QED) is 0.324. The predicted molar refractivity (Wildman–Crippen MR) is 105 cm³/mol. The standard InChI is InChI=1S/C21H21ClP.Au/c1-16-10-4-7-13-19(16)23(22,20-14-8-5-11-17(20)2)21-15-9-6-12-18(21)3;/h4-15H,1-3H3;/q+1;. The van der Waals surface area contributed by atoms with Crippen LogP contribution in [-0.4, -0.2) is 0 Å². The minimum absolute atomic E-state index is 0. The first-order valence-corrected chi connectivity index (χ1v) is 10.5. The summed E-state index contributed by atoms with van der Waals surface area (Å²) in [5.74, 6) is 0. The van der Waals surface area contributed by atoms with Crippen molar-refractivity contribution in [1.82, 2.24) is 0 Å². The van der Waals surface area contributed by atoms with Gasteiger partial charge in [-0.3, -0.25) is 0 Å². The van der Waals surface area contributed by atoms with Crippen molar-refractivity contribution in [3.63, 3.8) is 0 Å². The van der Waals surface area contributed by atoms with Crippen LogP contribution < -0.4 is 15.9 Å². The van der Waals surface area contributed by atoms with Gasteiger partial charge in [0.25, 0.3) is 0 Å². The third-order valence-electron chi connectivity index (χ3n) is 4.34. The Balaban J connectivity index is 0.00000208. The van der Waals surface area contributed by atoms with Crippen LogP contribution in [0.5, 0.6) is 0 Å². The second-order valence-electron chi connectivity index (χ2n) is 5.95. The van der Waals surface area contributed by atoms with E-state index in [0.717, 1.165) is 0 Å². The molecule has 3 rings (SSSR count). The monoisotopic (exact) mass is 536 g/mol. The Kier molecular flexibility index (Phi) is 6.48. The molecule has 0 atom stereocenters. The first-order valence-electron chi connectivity index (χ1n) is 7.82. The van der Waals surface area contributed by atoms with E-state index < -0.39 is 6.62 Å². The minimum Gasteiger partial charge on any atom is -0.0617 e. The number of benzene rings is 3. The summed E-state index contributed by atoms with van der Waals surface area (Å²) < 4.78 is 0. The molecule has 0 bridgehead atoms. The van der Waals surface area contributed by atoms with Crippen LogP contribution in [0.3, 0.4) is 0 Å². The second kappa shape index (κ2) is 8.00. The smallest absolute Gasteiger partial charge is 0.0617 e. The van der Waals surface area contributed by atoms with Crippen LogP contribution in [-0.2, 0) is 22.4 Å².